The first-order chi connectivity index (χ1) is 36.6. The fourth-order valence-electron chi connectivity index (χ4n) is 9.40. The number of hydrogen-bond acceptors (Lipinski definition) is 3. The van der Waals surface area contributed by atoms with E-state index in [1.807, 2.05) is 98.9 Å². The molecule has 0 radical (unpaired) electrons. The van der Waals surface area contributed by atoms with Gasteiger partial charge in [0.2, 0.25) is 0 Å². The summed E-state index contributed by atoms with van der Waals surface area (Å²) in [6.07, 6.45) is 5.58. The molecule has 0 aliphatic heterocycles. The number of aromatic nitrogens is 3. The van der Waals surface area contributed by atoms with Gasteiger partial charge in [0.05, 0.1) is 22.4 Å². The number of anilines is 1. The summed E-state index contributed by atoms with van der Waals surface area (Å²) in [6.45, 7) is 5.42. The van der Waals surface area contributed by atoms with Gasteiger partial charge >= 0.3 is 0 Å². The first-order valence-corrected chi connectivity index (χ1v) is 25.0. The predicted molar refractivity (Wildman–Crippen MR) is 315 cm³/mol. The average molecular weight is 953 g/mol. The molecule has 0 fully saturated rings. The molecule has 0 aliphatic carbocycles. The van der Waals surface area contributed by atoms with Gasteiger partial charge in [0, 0.05) is 51.4 Å². The molecule has 4 nitrogen and oxygen atoms in total. The van der Waals surface area contributed by atoms with Gasteiger partial charge in [-0.25, -0.2) is 9.97 Å². The summed E-state index contributed by atoms with van der Waals surface area (Å²) in [7, 11) is 1.98. The summed E-state index contributed by atoms with van der Waals surface area (Å²) < 4.78 is 2.40. The molecule has 0 amide bonds. The zero-order valence-corrected chi connectivity index (χ0v) is 41.7. The lowest BCUT2D eigenvalue weighted by Crippen LogP contribution is -1.96. The van der Waals surface area contributed by atoms with Crippen molar-refractivity contribution < 1.29 is 0 Å². The highest BCUT2D eigenvalue weighted by Crippen LogP contribution is 2.38. The number of para-hydroxylation sites is 2. The van der Waals surface area contributed by atoms with E-state index in [1.54, 1.807) is 6.08 Å². The summed E-state index contributed by atoms with van der Waals surface area (Å²) in [4.78, 5) is 10.2. The van der Waals surface area contributed by atoms with Crippen LogP contribution in [-0.4, -0.2) is 21.6 Å². The molecule has 356 valence electrons. The summed E-state index contributed by atoms with van der Waals surface area (Å²) in [5, 5.41) is 5.81. The normalized spacial score (nSPS) is 10.8. The van der Waals surface area contributed by atoms with Crippen LogP contribution >= 0.6 is 0 Å². The van der Waals surface area contributed by atoms with E-state index in [9.17, 15) is 0 Å². The van der Waals surface area contributed by atoms with Crippen LogP contribution in [0.4, 0.5) is 5.69 Å². The Bertz CT molecular complexity index is 3770. The van der Waals surface area contributed by atoms with E-state index < -0.39 is 0 Å². The molecule has 0 saturated carbocycles. The molecule has 2 heterocycles. The minimum absolute atomic E-state index is 0.697. The van der Waals surface area contributed by atoms with Gasteiger partial charge in [-0.05, 0) is 107 Å². The van der Waals surface area contributed by atoms with Gasteiger partial charge in [0.15, 0.2) is 5.82 Å². The van der Waals surface area contributed by atoms with Crippen LogP contribution in [0.5, 0.6) is 0 Å². The third kappa shape index (κ3) is 10.8. The van der Waals surface area contributed by atoms with Gasteiger partial charge in [0.25, 0.3) is 0 Å². The van der Waals surface area contributed by atoms with Crippen LogP contribution in [0.25, 0.3) is 106 Å². The molecule has 0 bridgehead atoms. The second-order valence-corrected chi connectivity index (χ2v) is 17.8. The third-order valence-electron chi connectivity index (χ3n) is 13.0. The van der Waals surface area contributed by atoms with E-state index in [0.717, 1.165) is 61.7 Å². The van der Waals surface area contributed by atoms with Crippen molar-refractivity contribution in [2.75, 3.05) is 12.4 Å². The Morgan fingerprint density at radius 3 is 1.41 bits per heavy atom. The summed E-state index contributed by atoms with van der Waals surface area (Å²) in [5.41, 5.74) is 18.8. The average Bonchev–Trinajstić information content (AvgIpc) is 3.82. The molecular weight excluding hydrogens is 897 g/mol. The maximum absolute atomic E-state index is 5.10. The largest absolute Gasteiger partial charge is 0.388 e. The molecule has 12 rings (SSSR count). The van der Waals surface area contributed by atoms with Gasteiger partial charge < -0.3 is 9.88 Å². The Labute approximate surface area is 435 Å². The van der Waals surface area contributed by atoms with E-state index in [-0.39, 0.29) is 0 Å². The summed E-state index contributed by atoms with van der Waals surface area (Å²) >= 11 is 0. The Morgan fingerprint density at radius 1 is 0.378 bits per heavy atom. The molecule has 0 saturated heterocycles. The van der Waals surface area contributed by atoms with Crippen molar-refractivity contribution in [2.24, 2.45) is 0 Å². The molecule has 1 N–H and O–H groups in total. The standard InChI is InChI=1S/C59H42N4.C6H6.C5H8/c1-60-54-30-10-8-28-51(54)48-25-13-22-44(35-48)47-32-33-58-53(38-47)52-29-9-11-31-57(52)63(58)50-27-15-24-46(37-50)43-21-12-20-42(34-43)45-23-14-26-49(36-45)59-61-55(40-16-4-2-5-17-40)39-56(62-59)41-18-6-3-7-19-41;1-2-4-6-5-3-1;1-3-5-4-2/h2-39,60H,1H3;1-6H;3-5H,1H2,2H3/b;;5-4-. The Kier molecular flexibility index (Phi) is 15.0. The van der Waals surface area contributed by atoms with Crippen LogP contribution in [0.1, 0.15) is 6.92 Å². The van der Waals surface area contributed by atoms with Crippen molar-refractivity contribution in [3.63, 3.8) is 0 Å². The molecular formula is C70H56N4. The number of nitrogens with zero attached hydrogens (tertiary/aromatic N) is 3. The predicted octanol–water partition coefficient (Wildman–Crippen LogP) is 18.7. The minimum Gasteiger partial charge on any atom is -0.388 e. The smallest absolute Gasteiger partial charge is 0.160 e. The number of nitrogens with one attached hydrogen (secondary N) is 1. The van der Waals surface area contributed by atoms with Crippen molar-refractivity contribution in [2.45, 2.75) is 6.92 Å². The van der Waals surface area contributed by atoms with E-state index >= 15 is 0 Å². The van der Waals surface area contributed by atoms with E-state index in [1.165, 1.54) is 44.1 Å². The Morgan fingerprint density at radius 2 is 0.824 bits per heavy atom. The van der Waals surface area contributed by atoms with Crippen LogP contribution in [-0.2, 0) is 0 Å². The van der Waals surface area contributed by atoms with Crippen molar-refractivity contribution in [1.29, 1.82) is 0 Å². The van der Waals surface area contributed by atoms with Crippen LogP contribution < -0.4 is 5.32 Å². The zero-order chi connectivity index (χ0) is 50.5. The zero-order valence-electron chi connectivity index (χ0n) is 41.7. The fourth-order valence-corrected chi connectivity index (χ4v) is 9.40. The minimum atomic E-state index is 0.697. The number of allylic oxidation sites excluding steroid dienone is 3. The molecule has 0 spiro atoms. The van der Waals surface area contributed by atoms with E-state index in [0.29, 0.717) is 5.82 Å². The van der Waals surface area contributed by atoms with Gasteiger partial charge in [-0.1, -0.05) is 231 Å². The van der Waals surface area contributed by atoms with Gasteiger partial charge in [-0.2, -0.15) is 0 Å². The fraction of sp³-hybridized carbons (Fsp3) is 0.0286. The van der Waals surface area contributed by atoms with Gasteiger partial charge in [-0.3, -0.25) is 0 Å². The van der Waals surface area contributed by atoms with Crippen LogP contribution in [0.15, 0.2) is 292 Å². The van der Waals surface area contributed by atoms with E-state index in [2.05, 4.69) is 211 Å². The highest BCUT2D eigenvalue weighted by molar-refractivity contribution is 6.10. The summed E-state index contributed by atoms with van der Waals surface area (Å²) in [6, 6.07) is 94.0. The lowest BCUT2D eigenvalue weighted by molar-refractivity contribution is 1.18. The second kappa shape index (κ2) is 23.1. The lowest BCUT2D eigenvalue weighted by Gasteiger charge is -2.13. The summed E-state index contributed by atoms with van der Waals surface area (Å²) in [5.74, 6) is 0.697. The molecule has 12 aromatic rings. The monoisotopic (exact) mass is 952 g/mol. The highest BCUT2D eigenvalue weighted by atomic mass is 15.0. The molecule has 10 aromatic carbocycles. The topological polar surface area (TPSA) is 42.7 Å². The Balaban J connectivity index is 0.000000512. The van der Waals surface area contributed by atoms with Crippen molar-refractivity contribution >= 4 is 27.5 Å². The molecule has 0 aliphatic rings. The van der Waals surface area contributed by atoms with Gasteiger partial charge in [-0.15, -0.1) is 0 Å². The first kappa shape index (κ1) is 48.0. The SMILES string of the molecule is C=C/C=C\C.CNc1ccccc1-c1cccc(-c2ccc3c(c2)c2ccccc2n3-c2cccc(-c3cccc(-c4cccc(-c5nc(-c6ccccc6)cc(-c6ccccc6)n5)c4)c3)c2)c1.c1ccccc1. The number of fused-ring (bicyclic) bond motifs is 3. The molecule has 4 heteroatoms. The molecule has 0 atom stereocenters. The maximum atomic E-state index is 5.10. The first-order valence-electron chi connectivity index (χ1n) is 25.0. The molecule has 74 heavy (non-hydrogen) atoms. The van der Waals surface area contributed by atoms with Crippen LogP contribution in [0.3, 0.4) is 0 Å². The number of hydrogen-bond donors (Lipinski definition) is 1. The highest BCUT2D eigenvalue weighted by Gasteiger charge is 2.16. The van der Waals surface area contributed by atoms with Crippen molar-refractivity contribution in [3.8, 4) is 84.1 Å². The lowest BCUT2D eigenvalue weighted by atomic mass is 9.97. The number of rotatable bonds is 10. The maximum Gasteiger partial charge on any atom is 0.160 e. The Hall–Kier alpha value is -9.64. The quantitative estimate of drug-likeness (QED) is 0.139. The van der Waals surface area contributed by atoms with Crippen molar-refractivity contribution in [1.82, 2.24) is 14.5 Å². The second-order valence-electron chi connectivity index (χ2n) is 17.8. The molecule has 0 unspecified atom stereocenters. The van der Waals surface area contributed by atoms with Crippen LogP contribution in [0, 0.1) is 0 Å². The third-order valence-corrected chi connectivity index (χ3v) is 13.0. The number of benzene rings is 10. The van der Waals surface area contributed by atoms with E-state index in [4.69, 9.17) is 9.97 Å². The van der Waals surface area contributed by atoms with Crippen molar-refractivity contribution in [3.05, 3.63) is 292 Å². The van der Waals surface area contributed by atoms with Gasteiger partial charge in [0.1, 0.15) is 0 Å². The molecule has 2 aromatic heterocycles. The van der Waals surface area contributed by atoms with Crippen LogP contribution in [0.2, 0.25) is 0 Å².